The van der Waals surface area contributed by atoms with Gasteiger partial charge < -0.3 is 4.74 Å². The second kappa shape index (κ2) is 4.65. The molecule has 3 saturated carbocycles. The Bertz CT molecular complexity index is 472. The molecule has 2 nitrogen and oxygen atoms in total. The zero-order valence-corrected chi connectivity index (χ0v) is 11.6. The van der Waals surface area contributed by atoms with Gasteiger partial charge in [-0.25, -0.2) is 0 Å². The lowest BCUT2D eigenvalue weighted by Gasteiger charge is -2.53. The Morgan fingerprint density at radius 3 is 2.11 bits per heavy atom. The van der Waals surface area contributed by atoms with E-state index in [0.717, 1.165) is 5.56 Å². The highest BCUT2D eigenvalue weighted by molar-refractivity contribution is 5.32. The van der Waals surface area contributed by atoms with E-state index < -0.39 is 0 Å². The Morgan fingerprint density at radius 2 is 1.63 bits per heavy atom. The van der Waals surface area contributed by atoms with Gasteiger partial charge in [-0.3, -0.25) is 0 Å². The molecule has 2 heteroatoms. The second-order valence-corrected chi connectivity index (χ2v) is 6.20. The molecule has 0 unspecified atom stereocenters. The van der Waals surface area contributed by atoms with Gasteiger partial charge in [-0.1, -0.05) is 24.3 Å². The molecule has 0 N–H and O–H groups in total. The predicted octanol–water partition coefficient (Wildman–Crippen LogP) is 3.74. The minimum Gasteiger partial charge on any atom is -0.378 e. The molecule has 0 amide bonds. The molecule has 2 bridgehead atoms. The first-order valence-electron chi connectivity index (χ1n) is 7.24. The van der Waals surface area contributed by atoms with E-state index in [-0.39, 0.29) is 5.60 Å². The summed E-state index contributed by atoms with van der Waals surface area (Å²) in [6, 6.07) is 11.0. The Balaban J connectivity index is 1.81. The lowest BCUT2D eigenvalue weighted by molar-refractivity contribution is -0.0955. The van der Waals surface area contributed by atoms with Crippen LogP contribution in [0.4, 0.5) is 0 Å². The van der Waals surface area contributed by atoms with Gasteiger partial charge in [0.25, 0.3) is 0 Å². The van der Waals surface area contributed by atoms with Crippen LogP contribution in [0.15, 0.2) is 24.3 Å². The van der Waals surface area contributed by atoms with Crippen molar-refractivity contribution in [3.8, 4) is 6.07 Å². The summed E-state index contributed by atoms with van der Waals surface area (Å²) in [6.07, 6.45) is 7.85. The molecule has 1 aromatic rings. The molecular formula is C17H21NO. The Labute approximate surface area is 115 Å². The van der Waals surface area contributed by atoms with E-state index in [1.807, 2.05) is 7.11 Å². The van der Waals surface area contributed by atoms with Gasteiger partial charge in [0, 0.05) is 7.11 Å². The third-order valence-corrected chi connectivity index (χ3v) is 5.46. The molecule has 3 fully saturated rings. The molecule has 0 saturated heterocycles. The van der Waals surface area contributed by atoms with Crippen molar-refractivity contribution in [2.24, 2.45) is 0 Å². The third kappa shape index (κ3) is 2.07. The van der Waals surface area contributed by atoms with Gasteiger partial charge in [0.1, 0.15) is 0 Å². The van der Waals surface area contributed by atoms with Crippen LogP contribution < -0.4 is 0 Å². The van der Waals surface area contributed by atoms with Crippen LogP contribution in [0.2, 0.25) is 0 Å². The maximum atomic E-state index is 8.73. The summed E-state index contributed by atoms with van der Waals surface area (Å²) in [5.41, 5.74) is 3.16. The average molecular weight is 255 g/mol. The molecule has 19 heavy (non-hydrogen) atoms. The molecule has 0 radical (unpaired) electrons. The summed E-state index contributed by atoms with van der Waals surface area (Å²) >= 11 is 0. The second-order valence-electron chi connectivity index (χ2n) is 6.20. The van der Waals surface area contributed by atoms with Crippen LogP contribution in [0.1, 0.15) is 49.7 Å². The highest BCUT2D eigenvalue weighted by Gasteiger charge is 2.49. The maximum absolute atomic E-state index is 8.73. The highest BCUT2D eigenvalue weighted by atomic mass is 16.5. The Kier molecular flexibility index (Phi) is 3.11. The number of rotatable bonds is 3. The van der Waals surface area contributed by atoms with Crippen LogP contribution in [0, 0.1) is 11.3 Å². The van der Waals surface area contributed by atoms with Gasteiger partial charge in [-0.05, 0) is 55.1 Å². The summed E-state index contributed by atoms with van der Waals surface area (Å²) in [5, 5.41) is 8.73. The summed E-state index contributed by atoms with van der Waals surface area (Å²) in [5.74, 6) is 0. The van der Waals surface area contributed by atoms with E-state index in [1.54, 1.807) is 0 Å². The van der Waals surface area contributed by atoms with Crippen LogP contribution in [0.5, 0.6) is 0 Å². The number of ether oxygens (including phenoxy) is 1. The fourth-order valence-corrected chi connectivity index (χ4v) is 3.96. The number of hydrogen-bond acceptors (Lipinski definition) is 2. The first kappa shape index (κ1) is 12.7. The van der Waals surface area contributed by atoms with Gasteiger partial charge in [0.15, 0.2) is 0 Å². The fraction of sp³-hybridized carbons (Fsp3) is 0.588. The van der Waals surface area contributed by atoms with Gasteiger partial charge in [-0.2, -0.15) is 5.26 Å². The number of fused-ring (bicyclic) bond motifs is 3. The highest BCUT2D eigenvalue weighted by Crippen LogP contribution is 2.54. The van der Waals surface area contributed by atoms with Crippen LogP contribution >= 0.6 is 0 Å². The lowest BCUT2D eigenvalue weighted by atomic mass is 9.56. The van der Waals surface area contributed by atoms with Crippen LogP contribution in [0.3, 0.4) is 0 Å². The lowest BCUT2D eigenvalue weighted by Crippen LogP contribution is -2.49. The van der Waals surface area contributed by atoms with Gasteiger partial charge in [-0.15, -0.1) is 0 Å². The molecule has 0 aromatic heterocycles. The molecule has 1 aromatic carbocycles. The molecule has 100 valence electrons. The number of methoxy groups -OCH3 is 1. The molecule has 3 aliphatic rings. The molecule has 0 spiro atoms. The maximum Gasteiger partial charge on any atom is 0.0679 e. The van der Waals surface area contributed by atoms with Crippen molar-refractivity contribution >= 4 is 0 Å². The van der Waals surface area contributed by atoms with Crippen molar-refractivity contribution in [1.82, 2.24) is 0 Å². The van der Waals surface area contributed by atoms with Gasteiger partial charge >= 0.3 is 0 Å². The first-order chi connectivity index (χ1) is 9.22. The van der Waals surface area contributed by atoms with Crippen LogP contribution in [-0.4, -0.2) is 12.7 Å². The number of benzene rings is 1. The van der Waals surface area contributed by atoms with E-state index in [0.29, 0.717) is 11.8 Å². The largest absolute Gasteiger partial charge is 0.378 e. The first-order valence-corrected chi connectivity index (χ1v) is 7.24. The molecular weight excluding hydrogens is 234 g/mol. The van der Waals surface area contributed by atoms with Crippen LogP contribution in [-0.2, 0) is 16.6 Å². The minimum atomic E-state index is 0.183. The summed E-state index contributed by atoms with van der Waals surface area (Å²) in [6.45, 7) is 0. The molecule has 0 atom stereocenters. The normalized spacial score (nSPS) is 33.1. The molecule has 3 aliphatic carbocycles. The molecule has 4 rings (SSSR count). The summed E-state index contributed by atoms with van der Waals surface area (Å²) < 4.78 is 5.76. The van der Waals surface area contributed by atoms with E-state index in [9.17, 15) is 0 Å². The Morgan fingerprint density at radius 1 is 1.05 bits per heavy atom. The SMILES string of the molecule is COC12CCC(c3ccc(CC#N)cc3)(CC1)CC2. The van der Waals surface area contributed by atoms with Crippen molar-refractivity contribution in [1.29, 1.82) is 5.26 Å². The van der Waals surface area contributed by atoms with Crippen LogP contribution in [0.25, 0.3) is 0 Å². The van der Waals surface area contributed by atoms with Crippen molar-refractivity contribution in [3.63, 3.8) is 0 Å². The van der Waals surface area contributed by atoms with Crippen molar-refractivity contribution < 1.29 is 4.74 Å². The van der Waals surface area contributed by atoms with Gasteiger partial charge in [0.2, 0.25) is 0 Å². The smallest absolute Gasteiger partial charge is 0.0679 e. The molecule has 0 aliphatic heterocycles. The average Bonchev–Trinajstić information content (AvgIpc) is 2.50. The summed E-state index contributed by atoms with van der Waals surface area (Å²) in [7, 11) is 1.87. The van der Waals surface area contributed by atoms with E-state index in [2.05, 4.69) is 30.3 Å². The summed E-state index contributed by atoms with van der Waals surface area (Å²) in [4.78, 5) is 0. The fourth-order valence-electron chi connectivity index (χ4n) is 3.96. The van der Waals surface area contributed by atoms with Crippen molar-refractivity contribution in [3.05, 3.63) is 35.4 Å². The predicted molar refractivity (Wildman–Crippen MR) is 74.9 cm³/mol. The number of nitrogens with zero attached hydrogens (tertiary/aromatic N) is 1. The minimum absolute atomic E-state index is 0.183. The van der Waals surface area contributed by atoms with E-state index in [4.69, 9.17) is 10.00 Å². The van der Waals surface area contributed by atoms with Gasteiger partial charge in [0.05, 0.1) is 18.1 Å². The monoisotopic (exact) mass is 255 g/mol. The Hall–Kier alpha value is -1.33. The van der Waals surface area contributed by atoms with E-state index in [1.165, 1.54) is 44.1 Å². The van der Waals surface area contributed by atoms with Crippen molar-refractivity contribution in [2.45, 2.75) is 56.0 Å². The molecule has 0 heterocycles. The third-order valence-electron chi connectivity index (χ3n) is 5.46. The van der Waals surface area contributed by atoms with Crippen molar-refractivity contribution in [2.75, 3.05) is 7.11 Å². The number of nitriles is 1. The zero-order valence-electron chi connectivity index (χ0n) is 11.6. The quantitative estimate of drug-likeness (QED) is 0.824. The number of hydrogen-bond donors (Lipinski definition) is 0. The standard InChI is InChI=1S/C17H21NO/c1-19-17-10-7-16(8-11-17,9-12-17)15-4-2-14(3-5-15)6-13-18/h2-5H,6-12H2,1H3. The topological polar surface area (TPSA) is 33.0 Å². The zero-order chi connectivity index (χ0) is 13.3. The van der Waals surface area contributed by atoms with E-state index >= 15 is 0 Å².